The zero-order valence-electron chi connectivity index (χ0n) is 13.5. The molecule has 5 nitrogen and oxygen atoms in total. The molecule has 8 heteroatoms. The predicted octanol–water partition coefficient (Wildman–Crippen LogP) is 3.45. The zero-order chi connectivity index (χ0) is 18.7. The SMILES string of the molecule is O=C(CSCCN1C(=O)c2ccccc2C1=O)Nc1ccc(F)c(Cl)c1. The molecule has 0 atom stereocenters. The van der Waals surface area contributed by atoms with Crippen LogP contribution in [0, 0.1) is 5.82 Å². The molecule has 0 fully saturated rings. The van der Waals surface area contributed by atoms with E-state index in [1.54, 1.807) is 24.3 Å². The average molecular weight is 393 g/mol. The Kier molecular flexibility index (Phi) is 5.58. The quantitative estimate of drug-likeness (QED) is 0.604. The van der Waals surface area contributed by atoms with Gasteiger partial charge in [0.05, 0.1) is 21.9 Å². The summed E-state index contributed by atoms with van der Waals surface area (Å²) in [5, 5.41) is 2.54. The molecule has 1 aliphatic heterocycles. The number of hydrogen-bond donors (Lipinski definition) is 1. The Labute approximate surface area is 158 Å². The van der Waals surface area contributed by atoms with Crippen LogP contribution in [0.2, 0.25) is 5.02 Å². The Morgan fingerprint density at radius 1 is 1.12 bits per heavy atom. The van der Waals surface area contributed by atoms with Crippen LogP contribution in [0.3, 0.4) is 0 Å². The summed E-state index contributed by atoms with van der Waals surface area (Å²) in [4.78, 5) is 37.5. The molecule has 134 valence electrons. The summed E-state index contributed by atoms with van der Waals surface area (Å²) in [6, 6.07) is 10.6. The number of benzene rings is 2. The number of fused-ring (bicyclic) bond motifs is 1. The summed E-state index contributed by atoms with van der Waals surface area (Å²) in [5.41, 5.74) is 1.23. The van der Waals surface area contributed by atoms with E-state index in [1.165, 1.54) is 34.9 Å². The van der Waals surface area contributed by atoms with Gasteiger partial charge < -0.3 is 5.32 Å². The first-order valence-electron chi connectivity index (χ1n) is 7.75. The van der Waals surface area contributed by atoms with E-state index in [0.717, 1.165) is 0 Å². The standard InChI is InChI=1S/C18H14ClFN2O3S/c19-14-9-11(5-6-15(14)20)21-16(23)10-26-8-7-22-17(24)12-3-1-2-4-13(12)18(22)25/h1-6,9H,7-8,10H2,(H,21,23). The van der Waals surface area contributed by atoms with Crippen LogP contribution in [0.15, 0.2) is 42.5 Å². The normalized spacial score (nSPS) is 13.1. The summed E-state index contributed by atoms with van der Waals surface area (Å²) in [7, 11) is 0. The molecule has 0 aromatic heterocycles. The fourth-order valence-corrected chi connectivity index (χ4v) is 3.43. The first kappa shape index (κ1) is 18.4. The van der Waals surface area contributed by atoms with Crippen molar-refractivity contribution in [2.75, 3.05) is 23.4 Å². The van der Waals surface area contributed by atoms with Gasteiger partial charge in [-0.25, -0.2) is 4.39 Å². The molecule has 26 heavy (non-hydrogen) atoms. The molecule has 1 aliphatic rings. The summed E-state index contributed by atoms with van der Waals surface area (Å²) in [5.74, 6) is -0.880. The molecule has 1 heterocycles. The highest BCUT2D eigenvalue weighted by molar-refractivity contribution is 7.99. The number of hydrogen-bond acceptors (Lipinski definition) is 4. The number of nitrogens with zero attached hydrogens (tertiary/aromatic N) is 1. The molecule has 2 aromatic carbocycles. The Hall–Kier alpha value is -2.38. The van der Waals surface area contributed by atoms with Gasteiger partial charge in [-0.05, 0) is 30.3 Å². The fraction of sp³-hybridized carbons (Fsp3) is 0.167. The fourth-order valence-electron chi connectivity index (χ4n) is 2.53. The molecule has 0 aliphatic carbocycles. The minimum atomic E-state index is -0.556. The van der Waals surface area contributed by atoms with Gasteiger partial charge in [-0.15, -0.1) is 0 Å². The highest BCUT2D eigenvalue weighted by Crippen LogP contribution is 2.23. The molecular weight excluding hydrogens is 379 g/mol. The highest BCUT2D eigenvalue weighted by Gasteiger charge is 2.34. The van der Waals surface area contributed by atoms with Crippen molar-refractivity contribution in [1.82, 2.24) is 4.90 Å². The third-order valence-electron chi connectivity index (χ3n) is 3.77. The van der Waals surface area contributed by atoms with Crippen LogP contribution in [0.5, 0.6) is 0 Å². The number of imide groups is 1. The summed E-state index contributed by atoms with van der Waals surface area (Å²) in [6.07, 6.45) is 0. The molecule has 0 spiro atoms. The summed E-state index contributed by atoms with van der Waals surface area (Å²) < 4.78 is 13.1. The van der Waals surface area contributed by atoms with E-state index in [1.807, 2.05) is 0 Å². The maximum absolute atomic E-state index is 13.1. The van der Waals surface area contributed by atoms with Gasteiger partial charge in [-0.3, -0.25) is 19.3 Å². The van der Waals surface area contributed by atoms with Crippen molar-refractivity contribution >= 4 is 46.8 Å². The van der Waals surface area contributed by atoms with Gasteiger partial charge in [0.1, 0.15) is 5.82 Å². The molecule has 0 saturated heterocycles. The van der Waals surface area contributed by atoms with Crippen LogP contribution in [0.1, 0.15) is 20.7 Å². The second-order valence-corrected chi connectivity index (χ2v) is 7.05. The van der Waals surface area contributed by atoms with E-state index < -0.39 is 5.82 Å². The van der Waals surface area contributed by atoms with Crippen LogP contribution in [-0.4, -0.2) is 40.7 Å². The van der Waals surface area contributed by atoms with Gasteiger partial charge in [0.25, 0.3) is 11.8 Å². The van der Waals surface area contributed by atoms with E-state index >= 15 is 0 Å². The van der Waals surface area contributed by atoms with Gasteiger partial charge in [0.15, 0.2) is 0 Å². The van der Waals surface area contributed by atoms with Gasteiger partial charge in [-0.1, -0.05) is 23.7 Å². The van der Waals surface area contributed by atoms with E-state index in [2.05, 4.69) is 5.32 Å². The maximum Gasteiger partial charge on any atom is 0.261 e. The van der Waals surface area contributed by atoms with E-state index in [0.29, 0.717) is 22.6 Å². The lowest BCUT2D eigenvalue weighted by molar-refractivity contribution is -0.113. The minimum Gasteiger partial charge on any atom is -0.325 e. The van der Waals surface area contributed by atoms with Crippen molar-refractivity contribution in [3.8, 4) is 0 Å². The minimum absolute atomic E-state index is 0.0684. The number of rotatable bonds is 6. The molecule has 2 aromatic rings. The topological polar surface area (TPSA) is 66.5 Å². The first-order valence-corrected chi connectivity index (χ1v) is 9.28. The predicted molar refractivity (Wildman–Crippen MR) is 99.2 cm³/mol. The number of carbonyl (C=O) groups excluding carboxylic acids is 3. The number of thioether (sulfide) groups is 1. The highest BCUT2D eigenvalue weighted by atomic mass is 35.5. The molecule has 1 N–H and O–H groups in total. The second kappa shape index (κ2) is 7.88. The first-order chi connectivity index (χ1) is 12.5. The molecule has 0 unspecified atom stereocenters. The van der Waals surface area contributed by atoms with E-state index in [9.17, 15) is 18.8 Å². The van der Waals surface area contributed by atoms with Gasteiger partial charge in [-0.2, -0.15) is 11.8 Å². The number of halogens is 2. The van der Waals surface area contributed by atoms with E-state index in [4.69, 9.17) is 11.6 Å². The monoisotopic (exact) mass is 392 g/mol. The third-order valence-corrected chi connectivity index (χ3v) is 5.00. The van der Waals surface area contributed by atoms with Crippen LogP contribution in [0.25, 0.3) is 0 Å². The van der Waals surface area contributed by atoms with Crippen molar-refractivity contribution in [3.63, 3.8) is 0 Å². The molecule has 0 radical (unpaired) electrons. The number of nitrogens with one attached hydrogen (secondary N) is 1. The van der Waals surface area contributed by atoms with Gasteiger partial charge >= 0.3 is 0 Å². The van der Waals surface area contributed by atoms with Gasteiger partial charge in [0.2, 0.25) is 5.91 Å². The lowest BCUT2D eigenvalue weighted by atomic mass is 10.1. The Morgan fingerprint density at radius 3 is 2.38 bits per heavy atom. The van der Waals surface area contributed by atoms with Gasteiger partial charge in [0, 0.05) is 18.0 Å². The Balaban J connectivity index is 1.46. The lowest BCUT2D eigenvalue weighted by Crippen LogP contribution is -2.32. The zero-order valence-corrected chi connectivity index (χ0v) is 15.1. The number of carbonyl (C=O) groups is 3. The van der Waals surface area contributed by atoms with Crippen LogP contribution in [0.4, 0.5) is 10.1 Å². The smallest absolute Gasteiger partial charge is 0.261 e. The van der Waals surface area contributed by atoms with Crippen molar-refractivity contribution in [2.45, 2.75) is 0 Å². The molecule has 0 bridgehead atoms. The van der Waals surface area contributed by atoms with Crippen LogP contribution >= 0.6 is 23.4 Å². The third kappa shape index (κ3) is 3.89. The maximum atomic E-state index is 13.1. The van der Waals surface area contributed by atoms with Crippen LogP contribution < -0.4 is 5.32 Å². The van der Waals surface area contributed by atoms with Crippen molar-refractivity contribution in [3.05, 3.63) is 64.4 Å². The average Bonchev–Trinajstić information content (AvgIpc) is 2.87. The van der Waals surface area contributed by atoms with Crippen molar-refractivity contribution in [2.24, 2.45) is 0 Å². The largest absolute Gasteiger partial charge is 0.325 e. The molecular formula is C18H14ClFN2O3S. The van der Waals surface area contributed by atoms with Crippen molar-refractivity contribution < 1.29 is 18.8 Å². The molecule has 3 rings (SSSR count). The number of amides is 3. The van der Waals surface area contributed by atoms with Crippen LogP contribution in [-0.2, 0) is 4.79 Å². The second-order valence-electron chi connectivity index (χ2n) is 5.54. The summed E-state index contributed by atoms with van der Waals surface area (Å²) >= 11 is 6.95. The van der Waals surface area contributed by atoms with E-state index in [-0.39, 0.29) is 35.0 Å². The van der Waals surface area contributed by atoms with Crippen molar-refractivity contribution in [1.29, 1.82) is 0 Å². The molecule has 0 saturated carbocycles. The lowest BCUT2D eigenvalue weighted by Gasteiger charge is -2.13. The molecule has 3 amide bonds. The Bertz CT molecular complexity index is 855. The Morgan fingerprint density at radius 2 is 1.77 bits per heavy atom. The summed E-state index contributed by atoms with van der Waals surface area (Å²) in [6.45, 7) is 0.229. The number of anilines is 1.